The molecule has 6 nitrogen and oxygen atoms in total. The highest BCUT2D eigenvalue weighted by Gasteiger charge is 2.70. The summed E-state index contributed by atoms with van der Waals surface area (Å²) in [6.07, 6.45) is 1.15. The molecule has 6 heteroatoms. The fourth-order valence-electron chi connectivity index (χ4n) is 5.97. The fraction of sp³-hybridized carbons (Fsp3) is 0.250. The molecule has 2 N–H and O–H groups in total. The first-order chi connectivity index (χ1) is 16.6. The van der Waals surface area contributed by atoms with Crippen molar-refractivity contribution in [1.82, 2.24) is 10.2 Å². The van der Waals surface area contributed by atoms with E-state index >= 15 is 0 Å². The summed E-state index contributed by atoms with van der Waals surface area (Å²) in [6.45, 7) is 0.312. The molecule has 0 radical (unpaired) electrons. The van der Waals surface area contributed by atoms with Gasteiger partial charge < -0.3 is 5.32 Å². The minimum absolute atomic E-state index is 0.187. The van der Waals surface area contributed by atoms with Gasteiger partial charge in [-0.2, -0.15) is 0 Å². The van der Waals surface area contributed by atoms with Gasteiger partial charge in [-0.3, -0.25) is 24.6 Å². The number of fused-ring (bicyclic) bond motifs is 4. The third-order valence-electron chi connectivity index (χ3n) is 7.48. The smallest absolute Gasteiger partial charge is 0.250 e. The number of anilines is 1. The lowest BCUT2D eigenvalue weighted by molar-refractivity contribution is -0.142. The number of para-hydroxylation sites is 1. The number of benzene rings is 3. The summed E-state index contributed by atoms with van der Waals surface area (Å²) in [5.74, 6) is -2.08. The zero-order valence-electron chi connectivity index (χ0n) is 18.6. The van der Waals surface area contributed by atoms with Crippen molar-refractivity contribution >= 4 is 23.4 Å². The predicted molar refractivity (Wildman–Crippen MR) is 128 cm³/mol. The molecule has 3 aliphatic rings. The van der Waals surface area contributed by atoms with E-state index in [0.29, 0.717) is 25.1 Å². The molecule has 0 aliphatic carbocycles. The molecule has 34 heavy (non-hydrogen) atoms. The quantitative estimate of drug-likeness (QED) is 0.585. The van der Waals surface area contributed by atoms with E-state index in [4.69, 9.17) is 0 Å². The van der Waals surface area contributed by atoms with Crippen molar-refractivity contribution in [2.24, 2.45) is 11.8 Å². The average molecular weight is 452 g/mol. The van der Waals surface area contributed by atoms with E-state index in [1.165, 1.54) is 4.90 Å². The lowest BCUT2D eigenvalue weighted by atomic mass is 9.76. The van der Waals surface area contributed by atoms with Crippen molar-refractivity contribution in [2.45, 2.75) is 24.4 Å². The highest BCUT2D eigenvalue weighted by molar-refractivity contribution is 6.15. The van der Waals surface area contributed by atoms with Gasteiger partial charge in [0.25, 0.3) is 0 Å². The van der Waals surface area contributed by atoms with Gasteiger partial charge in [0.2, 0.25) is 17.7 Å². The molecule has 0 unspecified atom stereocenters. The summed E-state index contributed by atoms with van der Waals surface area (Å²) in [5, 5.41) is 6.45. The van der Waals surface area contributed by atoms with E-state index in [0.717, 1.165) is 16.7 Å². The molecule has 3 aliphatic heterocycles. The van der Waals surface area contributed by atoms with Crippen LogP contribution in [0.2, 0.25) is 0 Å². The molecular weight excluding hydrogens is 426 g/mol. The summed E-state index contributed by atoms with van der Waals surface area (Å²) >= 11 is 0. The minimum atomic E-state index is -1.24. The van der Waals surface area contributed by atoms with E-state index in [1.54, 1.807) is 0 Å². The normalized spacial score (nSPS) is 27.2. The van der Waals surface area contributed by atoms with Gasteiger partial charge in [-0.1, -0.05) is 78.9 Å². The Morgan fingerprint density at radius 3 is 2.15 bits per heavy atom. The second-order valence-electron chi connectivity index (χ2n) is 9.32. The Hall–Kier alpha value is -3.77. The van der Waals surface area contributed by atoms with Crippen LogP contribution in [-0.2, 0) is 32.8 Å². The van der Waals surface area contributed by atoms with Crippen LogP contribution >= 0.6 is 0 Å². The van der Waals surface area contributed by atoms with Crippen LogP contribution in [0, 0.1) is 11.8 Å². The molecule has 3 amide bonds. The molecule has 3 aromatic rings. The second-order valence-corrected chi connectivity index (χ2v) is 9.32. The van der Waals surface area contributed by atoms with Gasteiger partial charge in [0.15, 0.2) is 0 Å². The van der Waals surface area contributed by atoms with Crippen molar-refractivity contribution in [2.75, 3.05) is 11.9 Å². The molecule has 0 aromatic heterocycles. The van der Waals surface area contributed by atoms with Crippen LogP contribution in [0.25, 0.3) is 0 Å². The molecule has 3 heterocycles. The zero-order valence-corrected chi connectivity index (χ0v) is 18.6. The molecule has 2 fully saturated rings. The maximum absolute atomic E-state index is 13.8. The van der Waals surface area contributed by atoms with Gasteiger partial charge in [-0.15, -0.1) is 0 Å². The van der Waals surface area contributed by atoms with Crippen molar-refractivity contribution < 1.29 is 14.4 Å². The standard InChI is InChI=1S/C28H25N3O3/c32-25-23-22(17-19-11-5-2-6-12-19)30-28(20-13-7-8-14-21(20)29-27(28)34)24(23)26(33)31(25)16-15-18-9-3-1-4-10-18/h1-14,22-24,30H,15-17H2,(H,29,34)/t22-,23+,24-,28+/m0/s1. The van der Waals surface area contributed by atoms with Crippen LogP contribution in [0.5, 0.6) is 0 Å². The first kappa shape index (κ1) is 20.8. The maximum atomic E-state index is 13.8. The van der Waals surface area contributed by atoms with Crippen LogP contribution in [0.15, 0.2) is 84.9 Å². The third-order valence-corrected chi connectivity index (χ3v) is 7.48. The van der Waals surface area contributed by atoms with Crippen LogP contribution < -0.4 is 10.6 Å². The lowest BCUT2D eigenvalue weighted by Gasteiger charge is -2.29. The maximum Gasteiger partial charge on any atom is 0.250 e. The van der Waals surface area contributed by atoms with Crippen LogP contribution in [0.1, 0.15) is 16.7 Å². The zero-order chi connectivity index (χ0) is 23.3. The van der Waals surface area contributed by atoms with Crippen LogP contribution in [0.3, 0.4) is 0 Å². The Bertz CT molecular complexity index is 1280. The van der Waals surface area contributed by atoms with E-state index in [9.17, 15) is 14.4 Å². The van der Waals surface area contributed by atoms with Crippen molar-refractivity contribution in [3.05, 3.63) is 102 Å². The summed E-state index contributed by atoms with van der Waals surface area (Å²) in [5.41, 5.74) is 2.33. The van der Waals surface area contributed by atoms with E-state index in [2.05, 4.69) is 10.6 Å². The summed E-state index contributed by atoms with van der Waals surface area (Å²) in [6, 6.07) is 26.9. The molecule has 0 saturated carbocycles. The Morgan fingerprint density at radius 2 is 1.41 bits per heavy atom. The van der Waals surface area contributed by atoms with Gasteiger partial charge in [-0.05, 0) is 30.0 Å². The van der Waals surface area contributed by atoms with Crippen molar-refractivity contribution in [3.8, 4) is 0 Å². The Kier molecular flexibility index (Phi) is 4.85. The number of rotatable bonds is 5. The Balaban J connectivity index is 1.39. The van der Waals surface area contributed by atoms with Crippen molar-refractivity contribution in [3.63, 3.8) is 0 Å². The molecule has 6 rings (SSSR count). The lowest BCUT2D eigenvalue weighted by Crippen LogP contribution is -2.53. The van der Waals surface area contributed by atoms with Crippen molar-refractivity contribution in [1.29, 1.82) is 0 Å². The first-order valence-electron chi connectivity index (χ1n) is 11.7. The highest BCUT2D eigenvalue weighted by atomic mass is 16.2. The minimum Gasteiger partial charge on any atom is -0.324 e. The fourth-order valence-corrected chi connectivity index (χ4v) is 5.97. The molecule has 4 atom stereocenters. The van der Waals surface area contributed by atoms with E-state index < -0.39 is 17.4 Å². The van der Waals surface area contributed by atoms with E-state index in [-0.39, 0.29) is 23.8 Å². The number of nitrogens with one attached hydrogen (secondary N) is 2. The number of hydrogen-bond acceptors (Lipinski definition) is 4. The number of amides is 3. The molecule has 2 saturated heterocycles. The van der Waals surface area contributed by atoms with Gasteiger partial charge in [-0.25, -0.2) is 0 Å². The largest absolute Gasteiger partial charge is 0.324 e. The Morgan fingerprint density at radius 1 is 0.765 bits per heavy atom. The highest BCUT2D eigenvalue weighted by Crippen LogP contribution is 2.53. The second kappa shape index (κ2) is 7.92. The Labute approximate surface area is 198 Å². The predicted octanol–water partition coefficient (Wildman–Crippen LogP) is 2.89. The molecule has 1 spiro atoms. The molecule has 3 aromatic carbocycles. The SMILES string of the molecule is O=C1[C@@H]2[C@H](Cc3ccccc3)N[C@@]3(C(=O)Nc4ccccc43)[C@@H]2C(=O)N1CCc1ccccc1. The van der Waals surface area contributed by atoms with Gasteiger partial charge in [0, 0.05) is 23.8 Å². The summed E-state index contributed by atoms with van der Waals surface area (Å²) < 4.78 is 0. The number of imide groups is 1. The third kappa shape index (κ3) is 3.02. The topological polar surface area (TPSA) is 78.5 Å². The average Bonchev–Trinajstić information content (AvgIpc) is 3.44. The van der Waals surface area contributed by atoms with Gasteiger partial charge >= 0.3 is 0 Å². The summed E-state index contributed by atoms with van der Waals surface area (Å²) in [4.78, 5) is 42.4. The number of likely N-dealkylation sites (tertiary alicyclic amines) is 1. The van der Waals surface area contributed by atoms with Crippen LogP contribution in [-0.4, -0.2) is 35.2 Å². The molecule has 0 bridgehead atoms. The van der Waals surface area contributed by atoms with Gasteiger partial charge in [0.1, 0.15) is 5.54 Å². The van der Waals surface area contributed by atoms with Crippen LogP contribution in [0.4, 0.5) is 5.69 Å². The number of carbonyl (C=O) groups is 3. The first-order valence-corrected chi connectivity index (χ1v) is 11.7. The molecular formula is C28H25N3O3. The molecule has 170 valence electrons. The number of nitrogens with zero attached hydrogens (tertiary/aromatic N) is 1. The van der Waals surface area contributed by atoms with E-state index in [1.807, 2.05) is 84.9 Å². The summed E-state index contributed by atoms with van der Waals surface area (Å²) in [7, 11) is 0. The number of hydrogen-bond donors (Lipinski definition) is 2. The number of carbonyl (C=O) groups excluding carboxylic acids is 3. The van der Waals surface area contributed by atoms with Gasteiger partial charge in [0.05, 0.1) is 11.8 Å². The monoisotopic (exact) mass is 451 g/mol.